The van der Waals surface area contributed by atoms with Crippen LogP contribution < -0.4 is 0 Å². The smallest absolute Gasteiger partial charge is 0.481 e. The summed E-state index contributed by atoms with van der Waals surface area (Å²) in [5.74, 6) is -11.8. The molecule has 1 fully saturated rings. The zero-order chi connectivity index (χ0) is 17.9. The van der Waals surface area contributed by atoms with E-state index in [1.54, 1.807) is 0 Å². The van der Waals surface area contributed by atoms with Crippen molar-refractivity contribution in [2.75, 3.05) is 0 Å². The van der Waals surface area contributed by atoms with E-state index in [4.69, 9.17) is 5.11 Å². The average Bonchev–Trinajstić information content (AvgIpc) is 2.67. The summed E-state index contributed by atoms with van der Waals surface area (Å²) in [6.45, 7) is 2.65. The number of aliphatic carboxylic acids is 2. The predicted octanol–water partition coefficient (Wildman–Crippen LogP) is 0.197. The summed E-state index contributed by atoms with van der Waals surface area (Å²) in [5.41, 5.74) is 0. The van der Waals surface area contributed by atoms with E-state index in [2.05, 4.69) is 9.47 Å². The number of cyclic esters (lactones) is 2. The van der Waals surface area contributed by atoms with Gasteiger partial charge >= 0.3 is 30.0 Å². The number of ether oxygens (including phenoxy) is 2. The van der Waals surface area contributed by atoms with Crippen molar-refractivity contribution in [1.82, 2.24) is 0 Å². The van der Waals surface area contributed by atoms with Crippen molar-refractivity contribution in [3.63, 3.8) is 0 Å². The first-order valence-corrected chi connectivity index (χ1v) is 6.72. The SMILES string of the molecule is CCC(OC(=O)O)C(C(=O)O)C(C(=O)O)C1C(=O)OC(=O)C1C. The van der Waals surface area contributed by atoms with Gasteiger partial charge in [0, 0.05) is 0 Å². The van der Waals surface area contributed by atoms with Gasteiger partial charge in [0.25, 0.3) is 0 Å². The van der Waals surface area contributed by atoms with E-state index in [9.17, 15) is 34.2 Å². The van der Waals surface area contributed by atoms with Crippen molar-refractivity contribution < 1.29 is 48.8 Å². The molecule has 0 amide bonds. The largest absolute Gasteiger partial charge is 0.506 e. The van der Waals surface area contributed by atoms with Crippen LogP contribution in [0.4, 0.5) is 4.79 Å². The minimum atomic E-state index is -1.87. The molecule has 1 aliphatic rings. The molecule has 23 heavy (non-hydrogen) atoms. The standard InChI is InChI=1S/C13H16O10/c1-3-5(22-13(20)21)7(9(14)15)8(10(16)17)6-4(2)11(18)23-12(6)19/h4-8H,3H2,1-2H3,(H,14,15)(H,16,17)(H,20,21). The van der Waals surface area contributed by atoms with Crippen molar-refractivity contribution in [2.45, 2.75) is 26.4 Å². The molecule has 0 aromatic heterocycles. The van der Waals surface area contributed by atoms with E-state index in [1.165, 1.54) is 13.8 Å². The summed E-state index contributed by atoms with van der Waals surface area (Å²) >= 11 is 0. The van der Waals surface area contributed by atoms with Crippen LogP contribution in [0.3, 0.4) is 0 Å². The molecule has 0 radical (unpaired) electrons. The number of rotatable bonds is 7. The van der Waals surface area contributed by atoms with E-state index in [-0.39, 0.29) is 6.42 Å². The molecule has 0 aromatic carbocycles. The van der Waals surface area contributed by atoms with Crippen LogP contribution in [0.5, 0.6) is 0 Å². The zero-order valence-electron chi connectivity index (χ0n) is 12.3. The third-order valence-corrected chi connectivity index (χ3v) is 3.78. The molecular formula is C13H16O10. The number of carboxylic acid groups (broad SMARTS) is 3. The van der Waals surface area contributed by atoms with Gasteiger partial charge in [-0.25, -0.2) is 4.79 Å². The molecule has 3 N–H and O–H groups in total. The molecule has 1 aliphatic heterocycles. The Morgan fingerprint density at radius 2 is 1.70 bits per heavy atom. The van der Waals surface area contributed by atoms with E-state index >= 15 is 0 Å². The Hall–Kier alpha value is -2.65. The highest BCUT2D eigenvalue weighted by molar-refractivity contribution is 5.99. The molecule has 0 aliphatic carbocycles. The molecule has 0 aromatic rings. The molecule has 10 nitrogen and oxygen atoms in total. The van der Waals surface area contributed by atoms with E-state index in [0.717, 1.165) is 0 Å². The van der Waals surface area contributed by atoms with Gasteiger partial charge in [0.05, 0.1) is 17.8 Å². The maximum Gasteiger partial charge on any atom is 0.506 e. The Balaban J connectivity index is 3.29. The number of esters is 2. The first kappa shape index (κ1) is 18.4. The molecule has 1 saturated heterocycles. The van der Waals surface area contributed by atoms with Gasteiger partial charge in [0.15, 0.2) is 0 Å². The lowest BCUT2D eigenvalue weighted by Gasteiger charge is -2.29. The Kier molecular flexibility index (Phi) is 5.66. The zero-order valence-corrected chi connectivity index (χ0v) is 12.3. The van der Waals surface area contributed by atoms with Crippen molar-refractivity contribution in [3.05, 3.63) is 0 Å². The second kappa shape index (κ2) is 7.07. The van der Waals surface area contributed by atoms with Crippen LogP contribution in [0.2, 0.25) is 0 Å². The van der Waals surface area contributed by atoms with E-state index < -0.39 is 59.8 Å². The van der Waals surface area contributed by atoms with Gasteiger partial charge < -0.3 is 24.8 Å². The minimum absolute atomic E-state index is 0.128. The lowest BCUT2D eigenvalue weighted by Crippen LogP contribution is -2.46. The van der Waals surface area contributed by atoms with Crippen molar-refractivity contribution >= 4 is 30.0 Å². The maximum absolute atomic E-state index is 11.7. The van der Waals surface area contributed by atoms with Crippen LogP contribution in [0, 0.1) is 23.7 Å². The number of hydrogen-bond acceptors (Lipinski definition) is 7. The summed E-state index contributed by atoms with van der Waals surface area (Å²) in [5, 5.41) is 27.4. The molecule has 0 bridgehead atoms. The Morgan fingerprint density at radius 3 is 2.00 bits per heavy atom. The fourth-order valence-electron chi connectivity index (χ4n) is 2.68. The topological polar surface area (TPSA) is 164 Å². The van der Waals surface area contributed by atoms with Crippen LogP contribution in [0.25, 0.3) is 0 Å². The molecule has 0 spiro atoms. The summed E-state index contributed by atoms with van der Waals surface area (Å²) in [4.78, 5) is 56.9. The van der Waals surface area contributed by atoms with Gasteiger partial charge in [-0.3, -0.25) is 19.2 Å². The highest BCUT2D eigenvalue weighted by Gasteiger charge is 2.55. The number of carbonyl (C=O) groups excluding carboxylic acids is 2. The number of hydrogen-bond donors (Lipinski definition) is 3. The van der Waals surface area contributed by atoms with Crippen LogP contribution in [0.15, 0.2) is 0 Å². The first-order chi connectivity index (χ1) is 10.6. The van der Waals surface area contributed by atoms with E-state index in [1.807, 2.05) is 0 Å². The van der Waals surface area contributed by atoms with Gasteiger partial charge in [-0.05, 0) is 6.42 Å². The molecule has 128 valence electrons. The molecule has 10 heteroatoms. The van der Waals surface area contributed by atoms with Gasteiger partial charge in [-0.15, -0.1) is 0 Å². The summed E-state index contributed by atoms with van der Waals surface area (Å²) in [6, 6.07) is 0. The Morgan fingerprint density at radius 1 is 1.13 bits per heavy atom. The van der Waals surface area contributed by atoms with Crippen molar-refractivity contribution in [1.29, 1.82) is 0 Å². The normalized spacial score (nSPS) is 24.4. The molecule has 5 unspecified atom stereocenters. The fourth-order valence-corrected chi connectivity index (χ4v) is 2.68. The molecule has 1 rings (SSSR count). The van der Waals surface area contributed by atoms with Gasteiger partial charge in [0.1, 0.15) is 12.0 Å². The quantitative estimate of drug-likeness (QED) is 0.433. The molecule has 0 saturated carbocycles. The highest BCUT2D eigenvalue weighted by Crippen LogP contribution is 2.37. The van der Waals surface area contributed by atoms with Crippen LogP contribution in [0.1, 0.15) is 20.3 Å². The third kappa shape index (κ3) is 3.76. The predicted molar refractivity (Wildman–Crippen MR) is 69.2 cm³/mol. The number of carboxylic acids is 2. The average molecular weight is 332 g/mol. The molecule has 5 atom stereocenters. The van der Waals surface area contributed by atoms with Gasteiger partial charge in [-0.1, -0.05) is 13.8 Å². The monoisotopic (exact) mass is 332 g/mol. The van der Waals surface area contributed by atoms with Gasteiger partial charge in [0.2, 0.25) is 0 Å². The first-order valence-electron chi connectivity index (χ1n) is 6.72. The fraction of sp³-hybridized carbons (Fsp3) is 0.615. The van der Waals surface area contributed by atoms with Crippen molar-refractivity contribution in [3.8, 4) is 0 Å². The lowest BCUT2D eigenvalue weighted by atomic mass is 9.74. The summed E-state index contributed by atoms with van der Waals surface area (Å²) < 4.78 is 8.80. The third-order valence-electron chi connectivity index (χ3n) is 3.78. The minimum Gasteiger partial charge on any atom is -0.481 e. The number of carbonyl (C=O) groups is 5. The lowest BCUT2D eigenvalue weighted by molar-refractivity contribution is -0.165. The maximum atomic E-state index is 11.7. The Bertz CT molecular complexity index is 539. The highest BCUT2D eigenvalue weighted by atomic mass is 16.7. The van der Waals surface area contributed by atoms with Crippen molar-refractivity contribution in [2.24, 2.45) is 23.7 Å². The summed E-state index contributed by atoms with van der Waals surface area (Å²) in [6.07, 6.45) is -3.40. The Labute approximate surface area is 130 Å². The molecule has 1 heterocycles. The van der Waals surface area contributed by atoms with Crippen LogP contribution in [-0.2, 0) is 28.7 Å². The second-order valence-corrected chi connectivity index (χ2v) is 5.11. The van der Waals surface area contributed by atoms with Crippen LogP contribution >= 0.6 is 0 Å². The second-order valence-electron chi connectivity index (χ2n) is 5.11. The summed E-state index contributed by atoms with van der Waals surface area (Å²) in [7, 11) is 0. The van der Waals surface area contributed by atoms with Crippen LogP contribution in [-0.4, -0.2) is 51.5 Å². The van der Waals surface area contributed by atoms with E-state index in [0.29, 0.717) is 0 Å². The molecular weight excluding hydrogens is 316 g/mol. The van der Waals surface area contributed by atoms with Gasteiger partial charge in [-0.2, -0.15) is 0 Å².